The van der Waals surface area contributed by atoms with Gasteiger partial charge in [0, 0.05) is 23.5 Å². The van der Waals surface area contributed by atoms with Gasteiger partial charge in [0.25, 0.3) is 0 Å². The van der Waals surface area contributed by atoms with Crippen molar-refractivity contribution in [2.24, 2.45) is 0 Å². The third-order valence-electron chi connectivity index (χ3n) is 4.11. The molecule has 0 radical (unpaired) electrons. The minimum atomic E-state index is -5.12. The SMILES string of the molecule is C[C@H](NC(=O)C(F)(F)F)C(=O)NC(Cc1c[nH]c2ccccc12)C(=O)OC(C)(C)C. The molecule has 1 aromatic carbocycles. The number of rotatable bonds is 6. The van der Waals surface area contributed by atoms with Crippen LogP contribution in [0.15, 0.2) is 30.5 Å². The molecular weight excluding hydrogens is 403 g/mol. The second-order valence-corrected chi connectivity index (χ2v) is 7.85. The predicted octanol–water partition coefficient (Wildman–Crippen LogP) is 2.60. The fourth-order valence-corrected chi connectivity index (χ4v) is 2.73. The van der Waals surface area contributed by atoms with Gasteiger partial charge >= 0.3 is 18.1 Å². The van der Waals surface area contributed by atoms with Gasteiger partial charge in [-0.3, -0.25) is 9.59 Å². The van der Waals surface area contributed by atoms with E-state index >= 15 is 0 Å². The number of hydrogen-bond acceptors (Lipinski definition) is 4. The molecule has 0 fully saturated rings. The lowest BCUT2D eigenvalue weighted by molar-refractivity contribution is -0.174. The first kappa shape index (κ1) is 23.2. The molecule has 2 aromatic rings. The molecule has 2 atom stereocenters. The van der Waals surface area contributed by atoms with Crippen LogP contribution in [0.25, 0.3) is 10.9 Å². The molecular formula is C20H24F3N3O4. The largest absolute Gasteiger partial charge is 0.471 e. The number of fused-ring (bicyclic) bond motifs is 1. The maximum absolute atomic E-state index is 12.6. The average molecular weight is 427 g/mol. The summed E-state index contributed by atoms with van der Waals surface area (Å²) >= 11 is 0. The molecule has 0 spiro atoms. The molecule has 10 heteroatoms. The lowest BCUT2D eigenvalue weighted by Gasteiger charge is -2.25. The predicted molar refractivity (Wildman–Crippen MR) is 103 cm³/mol. The van der Waals surface area contributed by atoms with Crippen molar-refractivity contribution in [3.63, 3.8) is 0 Å². The van der Waals surface area contributed by atoms with Gasteiger partial charge in [-0.1, -0.05) is 18.2 Å². The van der Waals surface area contributed by atoms with E-state index in [1.54, 1.807) is 32.3 Å². The highest BCUT2D eigenvalue weighted by atomic mass is 19.4. The summed E-state index contributed by atoms with van der Waals surface area (Å²) in [6, 6.07) is 4.65. The maximum Gasteiger partial charge on any atom is 0.471 e. The molecule has 0 aliphatic rings. The molecule has 2 rings (SSSR count). The molecule has 2 amide bonds. The summed E-state index contributed by atoms with van der Waals surface area (Å²) in [6.07, 6.45) is -3.39. The van der Waals surface area contributed by atoms with Crippen molar-refractivity contribution in [2.45, 2.75) is 58.0 Å². The van der Waals surface area contributed by atoms with E-state index in [9.17, 15) is 27.6 Å². The zero-order valence-corrected chi connectivity index (χ0v) is 17.0. The van der Waals surface area contributed by atoms with E-state index in [0.29, 0.717) is 5.56 Å². The minimum Gasteiger partial charge on any atom is -0.458 e. The Labute approximate surface area is 171 Å². The summed E-state index contributed by atoms with van der Waals surface area (Å²) in [6.45, 7) is 6.06. The van der Waals surface area contributed by atoms with Gasteiger partial charge in [-0.05, 0) is 39.3 Å². The second-order valence-electron chi connectivity index (χ2n) is 7.85. The smallest absolute Gasteiger partial charge is 0.458 e. The van der Waals surface area contributed by atoms with Crippen molar-refractivity contribution in [3.05, 3.63) is 36.0 Å². The van der Waals surface area contributed by atoms with Crippen LogP contribution in [0.4, 0.5) is 13.2 Å². The summed E-state index contributed by atoms with van der Waals surface area (Å²) < 4.78 is 42.6. The minimum absolute atomic E-state index is 0.0462. The van der Waals surface area contributed by atoms with Gasteiger partial charge in [0.05, 0.1) is 0 Å². The van der Waals surface area contributed by atoms with Crippen LogP contribution in [-0.4, -0.2) is 46.6 Å². The van der Waals surface area contributed by atoms with E-state index in [1.807, 2.05) is 24.3 Å². The third-order valence-corrected chi connectivity index (χ3v) is 4.11. The van der Waals surface area contributed by atoms with Crippen LogP contribution in [0, 0.1) is 0 Å². The molecule has 30 heavy (non-hydrogen) atoms. The number of ether oxygens (including phenoxy) is 1. The van der Waals surface area contributed by atoms with Crippen molar-refractivity contribution in [1.29, 1.82) is 0 Å². The standard InChI is InChI=1S/C20H24F3N3O4/c1-11(25-18(29)20(21,22)23)16(27)26-15(17(28)30-19(2,3)4)9-12-10-24-14-8-6-5-7-13(12)14/h5-8,10-11,15,24H,9H2,1-4H3,(H,25,29)(H,26,27)/t11-,15?/m0/s1. The highest BCUT2D eigenvalue weighted by Crippen LogP contribution is 2.20. The van der Waals surface area contributed by atoms with Gasteiger partial charge in [0.15, 0.2) is 0 Å². The zero-order chi connectivity index (χ0) is 22.7. The number of carbonyl (C=O) groups is 3. The molecule has 164 valence electrons. The number of carbonyl (C=O) groups excluding carboxylic acids is 3. The Balaban J connectivity index is 2.20. The normalized spacial score (nSPS) is 14.1. The second kappa shape index (κ2) is 8.76. The van der Waals surface area contributed by atoms with E-state index < -0.39 is 41.6 Å². The fourth-order valence-electron chi connectivity index (χ4n) is 2.73. The number of benzene rings is 1. The fraction of sp³-hybridized carbons (Fsp3) is 0.450. The Hall–Kier alpha value is -3.04. The number of halogens is 3. The number of amides is 2. The van der Waals surface area contributed by atoms with Crippen molar-refractivity contribution in [3.8, 4) is 0 Å². The Kier molecular flexibility index (Phi) is 6.79. The first-order valence-corrected chi connectivity index (χ1v) is 9.24. The maximum atomic E-state index is 12.6. The number of alkyl halides is 3. The van der Waals surface area contributed by atoms with Crippen LogP contribution >= 0.6 is 0 Å². The first-order chi connectivity index (χ1) is 13.8. The zero-order valence-electron chi connectivity index (χ0n) is 17.0. The van der Waals surface area contributed by atoms with E-state index in [4.69, 9.17) is 4.74 Å². The molecule has 7 nitrogen and oxygen atoms in total. The highest BCUT2D eigenvalue weighted by Gasteiger charge is 2.40. The number of H-pyrrole nitrogens is 1. The van der Waals surface area contributed by atoms with Crippen LogP contribution in [0.3, 0.4) is 0 Å². The monoisotopic (exact) mass is 427 g/mol. The van der Waals surface area contributed by atoms with Crippen molar-refractivity contribution in [2.75, 3.05) is 0 Å². The molecule has 0 bridgehead atoms. The molecule has 0 saturated heterocycles. The van der Waals surface area contributed by atoms with Gasteiger partial charge in [-0.2, -0.15) is 13.2 Å². The van der Waals surface area contributed by atoms with Crippen LogP contribution in [0.2, 0.25) is 0 Å². The Morgan fingerprint density at radius 1 is 1.10 bits per heavy atom. The summed E-state index contributed by atoms with van der Waals surface area (Å²) in [7, 11) is 0. The number of aromatic amines is 1. The van der Waals surface area contributed by atoms with Crippen LogP contribution in [0.5, 0.6) is 0 Å². The lowest BCUT2D eigenvalue weighted by atomic mass is 10.0. The number of aromatic nitrogens is 1. The first-order valence-electron chi connectivity index (χ1n) is 9.24. The Morgan fingerprint density at radius 3 is 2.33 bits per heavy atom. The molecule has 1 unspecified atom stereocenters. The van der Waals surface area contributed by atoms with Gasteiger partial charge in [0.2, 0.25) is 5.91 Å². The molecule has 0 aliphatic heterocycles. The van der Waals surface area contributed by atoms with Crippen LogP contribution in [0.1, 0.15) is 33.3 Å². The van der Waals surface area contributed by atoms with Gasteiger partial charge in [-0.15, -0.1) is 0 Å². The van der Waals surface area contributed by atoms with E-state index in [1.165, 1.54) is 0 Å². The van der Waals surface area contributed by atoms with Crippen molar-refractivity contribution >= 4 is 28.7 Å². The Bertz CT molecular complexity index is 931. The Morgan fingerprint density at radius 2 is 1.73 bits per heavy atom. The van der Waals surface area contributed by atoms with Crippen molar-refractivity contribution < 1.29 is 32.3 Å². The van der Waals surface area contributed by atoms with Crippen molar-refractivity contribution in [1.82, 2.24) is 15.6 Å². The molecule has 1 aromatic heterocycles. The molecule has 0 aliphatic carbocycles. The lowest BCUT2D eigenvalue weighted by Crippen LogP contribution is -2.53. The van der Waals surface area contributed by atoms with Gasteiger partial charge in [-0.25, -0.2) is 4.79 Å². The van der Waals surface area contributed by atoms with Crippen LogP contribution < -0.4 is 10.6 Å². The number of para-hydroxylation sites is 1. The average Bonchev–Trinajstić information content (AvgIpc) is 3.01. The van der Waals surface area contributed by atoms with E-state index in [2.05, 4.69) is 10.3 Å². The van der Waals surface area contributed by atoms with Gasteiger partial charge < -0.3 is 20.4 Å². The molecule has 0 saturated carbocycles. The highest BCUT2D eigenvalue weighted by molar-refractivity contribution is 5.92. The number of nitrogens with one attached hydrogen (secondary N) is 3. The van der Waals surface area contributed by atoms with E-state index in [0.717, 1.165) is 17.8 Å². The van der Waals surface area contributed by atoms with Crippen LogP contribution in [-0.2, 0) is 25.5 Å². The number of hydrogen-bond donors (Lipinski definition) is 3. The summed E-state index contributed by atoms with van der Waals surface area (Å²) in [5, 5.41) is 4.79. The third kappa shape index (κ3) is 6.23. The summed E-state index contributed by atoms with van der Waals surface area (Å²) in [5.41, 5.74) is 0.706. The number of esters is 1. The molecule has 3 N–H and O–H groups in total. The van der Waals surface area contributed by atoms with E-state index in [-0.39, 0.29) is 6.42 Å². The topological polar surface area (TPSA) is 100 Å². The molecule has 1 heterocycles. The van der Waals surface area contributed by atoms with Gasteiger partial charge in [0.1, 0.15) is 17.7 Å². The summed E-state index contributed by atoms with van der Waals surface area (Å²) in [4.78, 5) is 39.1. The summed E-state index contributed by atoms with van der Waals surface area (Å²) in [5.74, 6) is -3.92. The quantitative estimate of drug-likeness (QED) is 0.617.